The summed E-state index contributed by atoms with van der Waals surface area (Å²) in [5, 5.41) is 2.64. The van der Waals surface area contributed by atoms with E-state index in [4.69, 9.17) is 0 Å². The molecule has 1 aromatic heterocycles. The fraction of sp³-hybridized carbons (Fsp3) is 0.500. The second-order valence-electron chi connectivity index (χ2n) is 5.15. The standard InChI is InChI=1S/C14H16F3N3O2/c15-14(16,17)9-20-8-10(7-12(20)21)13(22)19-6-4-11-3-1-2-5-18-11/h1-3,5,10H,4,6-9H2,(H,19,22)/t10-/m1/s1. The number of hydrogen-bond acceptors (Lipinski definition) is 3. The largest absolute Gasteiger partial charge is 0.406 e. The van der Waals surface area contributed by atoms with Gasteiger partial charge in [0.2, 0.25) is 11.8 Å². The van der Waals surface area contributed by atoms with E-state index < -0.39 is 30.5 Å². The number of hydrogen-bond donors (Lipinski definition) is 1. The predicted molar refractivity (Wildman–Crippen MR) is 71.7 cm³/mol. The van der Waals surface area contributed by atoms with Crippen molar-refractivity contribution in [1.82, 2.24) is 15.2 Å². The summed E-state index contributed by atoms with van der Waals surface area (Å²) in [4.78, 5) is 28.2. The monoisotopic (exact) mass is 315 g/mol. The molecule has 0 aromatic carbocycles. The number of pyridine rings is 1. The Bertz CT molecular complexity index is 534. The van der Waals surface area contributed by atoms with Crippen LogP contribution in [0.5, 0.6) is 0 Å². The number of halogens is 3. The molecule has 1 atom stereocenters. The molecule has 1 fully saturated rings. The van der Waals surface area contributed by atoms with Crippen molar-refractivity contribution in [2.45, 2.75) is 19.0 Å². The lowest BCUT2D eigenvalue weighted by Crippen LogP contribution is -2.37. The summed E-state index contributed by atoms with van der Waals surface area (Å²) in [6.45, 7) is -1.16. The highest BCUT2D eigenvalue weighted by Gasteiger charge is 2.40. The van der Waals surface area contributed by atoms with Crippen molar-refractivity contribution in [2.24, 2.45) is 5.92 Å². The van der Waals surface area contributed by atoms with Gasteiger partial charge in [0.1, 0.15) is 6.54 Å². The lowest BCUT2D eigenvalue weighted by molar-refractivity contribution is -0.157. The van der Waals surface area contributed by atoms with Crippen molar-refractivity contribution in [1.29, 1.82) is 0 Å². The first kappa shape index (κ1) is 16.3. The van der Waals surface area contributed by atoms with E-state index in [1.807, 2.05) is 12.1 Å². The van der Waals surface area contributed by atoms with Crippen molar-refractivity contribution >= 4 is 11.8 Å². The Morgan fingerprint density at radius 1 is 1.41 bits per heavy atom. The number of carbonyl (C=O) groups is 2. The normalized spacial score (nSPS) is 18.6. The van der Waals surface area contributed by atoms with E-state index in [0.717, 1.165) is 5.69 Å². The first-order valence-corrected chi connectivity index (χ1v) is 6.87. The van der Waals surface area contributed by atoms with Crippen LogP contribution in [0.15, 0.2) is 24.4 Å². The minimum Gasteiger partial charge on any atom is -0.355 e. The van der Waals surface area contributed by atoms with E-state index in [0.29, 0.717) is 17.9 Å². The minimum atomic E-state index is -4.44. The van der Waals surface area contributed by atoms with Gasteiger partial charge in [-0.05, 0) is 12.1 Å². The average molecular weight is 315 g/mol. The summed E-state index contributed by atoms with van der Waals surface area (Å²) in [5.74, 6) is -1.75. The minimum absolute atomic E-state index is 0.175. The molecule has 8 heteroatoms. The highest BCUT2D eigenvalue weighted by atomic mass is 19.4. The molecular formula is C14H16F3N3O2. The molecule has 1 N–H and O–H groups in total. The van der Waals surface area contributed by atoms with Crippen molar-refractivity contribution < 1.29 is 22.8 Å². The number of nitrogens with zero attached hydrogens (tertiary/aromatic N) is 2. The zero-order valence-corrected chi connectivity index (χ0v) is 11.8. The molecule has 22 heavy (non-hydrogen) atoms. The third-order valence-electron chi connectivity index (χ3n) is 3.36. The van der Waals surface area contributed by atoms with Crippen molar-refractivity contribution in [3.63, 3.8) is 0 Å². The second kappa shape index (κ2) is 6.76. The molecule has 0 radical (unpaired) electrons. The molecule has 0 saturated carbocycles. The Morgan fingerprint density at radius 3 is 2.82 bits per heavy atom. The summed E-state index contributed by atoms with van der Waals surface area (Å²) in [7, 11) is 0. The average Bonchev–Trinajstić information content (AvgIpc) is 2.79. The van der Waals surface area contributed by atoms with E-state index in [-0.39, 0.29) is 13.0 Å². The molecular weight excluding hydrogens is 299 g/mol. The smallest absolute Gasteiger partial charge is 0.355 e. The van der Waals surface area contributed by atoms with E-state index in [1.54, 1.807) is 12.3 Å². The molecule has 1 aliphatic heterocycles. The SMILES string of the molecule is O=C(NCCc1ccccn1)[C@@H]1CC(=O)N(CC(F)(F)F)C1. The van der Waals surface area contributed by atoms with Crippen LogP contribution >= 0.6 is 0 Å². The molecule has 0 unspecified atom stereocenters. The molecule has 1 aromatic rings. The molecule has 0 aliphatic carbocycles. The summed E-state index contributed by atoms with van der Waals surface area (Å²) < 4.78 is 36.9. The van der Waals surface area contributed by atoms with Crippen LogP contribution < -0.4 is 5.32 Å². The van der Waals surface area contributed by atoms with Crippen LogP contribution in [0.4, 0.5) is 13.2 Å². The van der Waals surface area contributed by atoms with Crippen LogP contribution in [0.25, 0.3) is 0 Å². The summed E-state index contributed by atoms with van der Waals surface area (Å²) in [6.07, 6.45) is -2.45. The first-order valence-electron chi connectivity index (χ1n) is 6.87. The molecule has 0 spiro atoms. The second-order valence-corrected chi connectivity index (χ2v) is 5.15. The van der Waals surface area contributed by atoms with Crippen molar-refractivity contribution in [3.05, 3.63) is 30.1 Å². The van der Waals surface area contributed by atoms with Gasteiger partial charge in [0, 0.05) is 37.8 Å². The summed E-state index contributed by atoms with van der Waals surface area (Å²) in [5.41, 5.74) is 0.809. The molecule has 120 valence electrons. The Morgan fingerprint density at radius 2 is 2.18 bits per heavy atom. The maximum absolute atomic E-state index is 12.3. The lowest BCUT2D eigenvalue weighted by atomic mass is 10.1. The van der Waals surface area contributed by atoms with Gasteiger partial charge in [-0.3, -0.25) is 14.6 Å². The number of aromatic nitrogens is 1. The first-order chi connectivity index (χ1) is 10.3. The quantitative estimate of drug-likeness (QED) is 0.887. The van der Waals surface area contributed by atoms with Crippen molar-refractivity contribution in [3.8, 4) is 0 Å². The fourth-order valence-corrected chi connectivity index (χ4v) is 2.32. The van der Waals surface area contributed by atoms with Crippen LogP contribution in [0, 0.1) is 5.92 Å². The molecule has 5 nitrogen and oxygen atoms in total. The number of nitrogens with one attached hydrogen (secondary N) is 1. The van der Waals surface area contributed by atoms with Gasteiger partial charge in [-0.1, -0.05) is 6.07 Å². The third kappa shape index (κ3) is 4.71. The van der Waals surface area contributed by atoms with Gasteiger partial charge < -0.3 is 10.2 Å². The van der Waals surface area contributed by atoms with E-state index in [1.165, 1.54) is 0 Å². The zero-order chi connectivity index (χ0) is 16.2. The van der Waals surface area contributed by atoms with Crippen LogP contribution in [0.2, 0.25) is 0 Å². The molecule has 2 heterocycles. The summed E-state index contributed by atoms with van der Waals surface area (Å²) >= 11 is 0. The highest BCUT2D eigenvalue weighted by Crippen LogP contribution is 2.23. The van der Waals surface area contributed by atoms with E-state index in [9.17, 15) is 22.8 Å². The van der Waals surface area contributed by atoms with Crippen LogP contribution in [-0.4, -0.2) is 47.5 Å². The number of carbonyl (C=O) groups excluding carboxylic acids is 2. The third-order valence-corrected chi connectivity index (χ3v) is 3.36. The molecule has 1 saturated heterocycles. The maximum atomic E-state index is 12.3. The van der Waals surface area contributed by atoms with Gasteiger partial charge in [0.15, 0.2) is 0 Å². The molecule has 0 bridgehead atoms. The zero-order valence-electron chi connectivity index (χ0n) is 11.8. The van der Waals surface area contributed by atoms with Crippen molar-refractivity contribution in [2.75, 3.05) is 19.6 Å². The highest BCUT2D eigenvalue weighted by molar-refractivity contribution is 5.89. The lowest BCUT2D eigenvalue weighted by Gasteiger charge is -2.18. The van der Waals surface area contributed by atoms with Gasteiger partial charge in [-0.2, -0.15) is 13.2 Å². The number of likely N-dealkylation sites (tertiary alicyclic amines) is 1. The van der Waals surface area contributed by atoms with Gasteiger partial charge >= 0.3 is 6.18 Å². The number of alkyl halides is 3. The predicted octanol–water partition coefficient (Wildman–Crippen LogP) is 1.15. The van der Waals surface area contributed by atoms with Gasteiger partial charge in [-0.15, -0.1) is 0 Å². The number of amides is 2. The Hall–Kier alpha value is -2.12. The number of rotatable bonds is 5. The van der Waals surface area contributed by atoms with Crippen LogP contribution in [-0.2, 0) is 16.0 Å². The molecule has 2 amide bonds. The van der Waals surface area contributed by atoms with Gasteiger partial charge in [-0.25, -0.2) is 0 Å². The fourth-order valence-electron chi connectivity index (χ4n) is 2.32. The van der Waals surface area contributed by atoms with Crippen LogP contribution in [0.1, 0.15) is 12.1 Å². The summed E-state index contributed by atoms with van der Waals surface area (Å²) in [6, 6.07) is 5.42. The van der Waals surface area contributed by atoms with Crippen LogP contribution in [0.3, 0.4) is 0 Å². The topological polar surface area (TPSA) is 62.3 Å². The Labute approximate surface area is 125 Å². The Balaban J connectivity index is 1.78. The van der Waals surface area contributed by atoms with E-state index in [2.05, 4.69) is 10.3 Å². The van der Waals surface area contributed by atoms with Gasteiger partial charge in [0.05, 0.1) is 5.92 Å². The molecule has 1 aliphatic rings. The molecule has 2 rings (SSSR count). The van der Waals surface area contributed by atoms with Gasteiger partial charge in [0.25, 0.3) is 0 Å². The Kier molecular flexibility index (Phi) is 4.99. The maximum Gasteiger partial charge on any atom is 0.406 e. The van der Waals surface area contributed by atoms with E-state index >= 15 is 0 Å².